The highest BCUT2D eigenvalue weighted by Gasteiger charge is 2.38. The fraction of sp³-hybridized carbons (Fsp3) is 0.368. The van der Waals surface area contributed by atoms with E-state index in [4.69, 9.17) is 30.8 Å². The van der Waals surface area contributed by atoms with E-state index in [0.29, 0.717) is 54.5 Å². The van der Waals surface area contributed by atoms with Gasteiger partial charge in [0.25, 0.3) is 0 Å². The van der Waals surface area contributed by atoms with Gasteiger partial charge in [-0.2, -0.15) is 18.2 Å². The van der Waals surface area contributed by atoms with Crippen molar-refractivity contribution in [3.8, 4) is 40.0 Å². The van der Waals surface area contributed by atoms with E-state index in [1.165, 1.54) is 14.2 Å². The lowest BCUT2D eigenvalue weighted by molar-refractivity contribution is -0.139. The molecule has 0 radical (unpaired) electrons. The molecule has 6 rings (SSSR count). The van der Waals surface area contributed by atoms with Crippen molar-refractivity contribution in [3.05, 3.63) is 87.4 Å². The van der Waals surface area contributed by atoms with Crippen molar-refractivity contribution in [2.75, 3.05) is 34.4 Å². The largest absolute Gasteiger partial charge is 0.481 e. The molecule has 1 fully saturated rings. The summed E-state index contributed by atoms with van der Waals surface area (Å²) in [6.45, 7) is 0.974. The van der Waals surface area contributed by atoms with Crippen LogP contribution in [-0.2, 0) is 35.3 Å². The van der Waals surface area contributed by atoms with Crippen LogP contribution in [-0.4, -0.2) is 62.2 Å². The van der Waals surface area contributed by atoms with Gasteiger partial charge in [-0.1, -0.05) is 54.1 Å². The van der Waals surface area contributed by atoms with Crippen LogP contribution in [0.25, 0.3) is 22.4 Å². The van der Waals surface area contributed by atoms with Gasteiger partial charge in [-0.25, -0.2) is 4.98 Å². The molecule has 0 unspecified atom stereocenters. The molecule has 3 heterocycles. The number of nitrogens with zero attached hydrogens (tertiary/aromatic N) is 2. The summed E-state index contributed by atoms with van der Waals surface area (Å²) in [5.74, 6) is -0.426. The third-order valence-electron chi connectivity index (χ3n) is 9.36. The number of carbonyl (C=O) groups excluding carboxylic acids is 2. The second kappa shape index (κ2) is 16.4. The molecule has 2 amide bonds. The molecule has 2 aromatic carbocycles. The van der Waals surface area contributed by atoms with Crippen LogP contribution in [0.4, 0.5) is 13.2 Å². The second-order valence-electron chi connectivity index (χ2n) is 12.8. The summed E-state index contributed by atoms with van der Waals surface area (Å²) in [4.78, 5) is 32.0. The molecule has 0 spiro atoms. The van der Waals surface area contributed by atoms with Crippen LogP contribution >= 0.6 is 11.6 Å². The molecule has 2 aromatic heterocycles. The molecule has 4 aromatic rings. The number of pyridine rings is 2. The van der Waals surface area contributed by atoms with Crippen LogP contribution in [0.3, 0.4) is 0 Å². The summed E-state index contributed by atoms with van der Waals surface area (Å²) >= 11 is 7.09. The van der Waals surface area contributed by atoms with Gasteiger partial charge in [0.05, 0.1) is 31.5 Å². The van der Waals surface area contributed by atoms with E-state index >= 15 is 0 Å². The number of benzene rings is 2. The van der Waals surface area contributed by atoms with Crippen LogP contribution in [0.1, 0.15) is 53.2 Å². The Balaban J connectivity index is 1.24. The molecule has 1 saturated heterocycles. The zero-order valence-electron chi connectivity index (χ0n) is 29.5. The number of carbonyl (C=O) groups is 2. The quantitative estimate of drug-likeness (QED) is 0.127. The minimum Gasteiger partial charge on any atom is -0.481 e. The molecule has 2 aliphatic rings. The first-order valence-corrected chi connectivity index (χ1v) is 17.6. The molecule has 280 valence electrons. The van der Waals surface area contributed by atoms with Gasteiger partial charge < -0.3 is 35.5 Å². The zero-order chi connectivity index (χ0) is 37.7. The number of hydrogen-bond donors (Lipinski definition) is 4. The number of halogens is 4. The molecule has 0 saturated carbocycles. The first-order valence-electron chi connectivity index (χ1n) is 17.2. The van der Waals surface area contributed by atoms with Crippen LogP contribution < -0.4 is 35.5 Å². The Kier molecular flexibility index (Phi) is 11.7. The highest BCUT2D eigenvalue weighted by atomic mass is 35.5. The number of methoxy groups -OCH3 is 2. The average Bonchev–Trinajstić information content (AvgIpc) is 3.76. The predicted molar refractivity (Wildman–Crippen MR) is 193 cm³/mol. The van der Waals surface area contributed by atoms with Gasteiger partial charge in [0.15, 0.2) is 0 Å². The predicted octanol–water partition coefficient (Wildman–Crippen LogP) is 5.77. The minimum absolute atomic E-state index is 0.0402. The Hall–Kier alpha value is -4.92. The van der Waals surface area contributed by atoms with Gasteiger partial charge in [0.2, 0.25) is 29.5 Å². The summed E-state index contributed by atoms with van der Waals surface area (Å²) in [5.41, 5.74) is 4.49. The number of alkyl halides is 3. The van der Waals surface area contributed by atoms with Crippen LogP contribution in [0.2, 0.25) is 5.02 Å². The van der Waals surface area contributed by atoms with Crippen molar-refractivity contribution in [2.45, 2.75) is 57.1 Å². The summed E-state index contributed by atoms with van der Waals surface area (Å²) in [6.07, 6.45) is -3.18. The highest BCUT2D eigenvalue weighted by Crippen LogP contribution is 2.46. The first kappa shape index (κ1) is 37.8. The van der Waals surface area contributed by atoms with Gasteiger partial charge in [0, 0.05) is 61.4 Å². The Labute approximate surface area is 310 Å². The molecule has 0 bridgehead atoms. The van der Waals surface area contributed by atoms with Gasteiger partial charge in [-0.3, -0.25) is 9.59 Å². The van der Waals surface area contributed by atoms with Crippen LogP contribution in [0, 0.1) is 0 Å². The number of amides is 2. The Morgan fingerprint density at radius 2 is 1.62 bits per heavy atom. The van der Waals surface area contributed by atoms with E-state index in [1.807, 2.05) is 48.5 Å². The standard InChI is InChI=1S/C38H40ClF3N6O5/c1-43-33(50)20-45-18-22-16-29(38(40,41)42)37(48-36(22)52-3)53-31-14-12-25-24(6-4-7-26(25)31)27-8-5-9-28(34(27)39)30-13-10-21(35(47-30)51-2)17-44-19-23-11-15-32(49)46-23/h4-10,13,16,23,31,44-45H,11-12,14-15,17-20H2,1-3H3,(H,43,50)(H,46,49)/t23-,31-/m0/s1. The normalized spacial score (nSPS) is 16.6. The number of fused-ring (bicyclic) bond motifs is 1. The Morgan fingerprint density at radius 3 is 2.34 bits per heavy atom. The molecular formula is C38H40ClF3N6O5. The maximum atomic E-state index is 14.4. The maximum absolute atomic E-state index is 14.4. The summed E-state index contributed by atoms with van der Waals surface area (Å²) in [7, 11) is 4.34. The van der Waals surface area contributed by atoms with Crippen molar-refractivity contribution in [3.63, 3.8) is 0 Å². The van der Waals surface area contributed by atoms with Crippen LogP contribution in [0.5, 0.6) is 17.6 Å². The molecule has 4 N–H and O–H groups in total. The number of nitrogens with one attached hydrogen (secondary N) is 4. The molecule has 1 aliphatic carbocycles. The van der Waals surface area contributed by atoms with E-state index in [1.54, 1.807) is 7.11 Å². The Bertz CT molecular complexity index is 1990. The first-order chi connectivity index (χ1) is 25.5. The van der Waals surface area contributed by atoms with Crippen LogP contribution in [0.15, 0.2) is 54.6 Å². The van der Waals surface area contributed by atoms with Crippen molar-refractivity contribution in [1.29, 1.82) is 0 Å². The van der Waals surface area contributed by atoms with Gasteiger partial charge >= 0.3 is 6.18 Å². The number of rotatable bonds is 14. The van der Waals surface area contributed by atoms with Crippen molar-refractivity contribution < 1.29 is 37.0 Å². The van der Waals surface area contributed by atoms with Crippen molar-refractivity contribution >= 4 is 23.4 Å². The van der Waals surface area contributed by atoms with E-state index in [2.05, 4.69) is 26.3 Å². The lowest BCUT2D eigenvalue weighted by atomic mass is 9.94. The monoisotopic (exact) mass is 752 g/mol. The highest BCUT2D eigenvalue weighted by molar-refractivity contribution is 6.36. The SMILES string of the molecule is CNC(=O)CNCc1cc(C(F)(F)F)c(O[C@H]2CCc3c(-c4cccc(-c5ccc(CNC[C@@H]6CCC(=O)N6)c(OC)n5)c4Cl)cccc32)nc1OC. The number of aromatic nitrogens is 2. The summed E-state index contributed by atoms with van der Waals surface area (Å²) < 4.78 is 60.1. The van der Waals surface area contributed by atoms with Crippen molar-refractivity contribution in [1.82, 2.24) is 31.2 Å². The Morgan fingerprint density at radius 1 is 0.906 bits per heavy atom. The average molecular weight is 753 g/mol. The van der Waals surface area contributed by atoms with Gasteiger partial charge in [-0.15, -0.1) is 0 Å². The van der Waals surface area contributed by atoms with E-state index < -0.39 is 23.7 Å². The molecule has 15 heteroatoms. The third-order valence-corrected chi connectivity index (χ3v) is 9.77. The second-order valence-corrected chi connectivity index (χ2v) is 13.1. The van der Waals surface area contributed by atoms with E-state index in [-0.39, 0.29) is 42.4 Å². The lowest BCUT2D eigenvalue weighted by Gasteiger charge is -2.21. The number of likely N-dealkylation sites (N-methyl/N-ethyl adjacent to an activating group) is 1. The third kappa shape index (κ3) is 8.50. The summed E-state index contributed by atoms with van der Waals surface area (Å²) in [6, 6.07) is 16.1. The van der Waals surface area contributed by atoms with Gasteiger partial charge in [0.1, 0.15) is 11.7 Å². The molecule has 1 aliphatic heterocycles. The minimum atomic E-state index is -4.76. The zero-order valence-corrected chi connectivity index (χ0v) is 30.2. The molecule has 11 nitrogen and oxygen atoms in total. The van der Waals surface area contributed by atoms with E-state index in [9.17, 15) is 22.8 Å². The van der Waals surface area contributed by atoms with E-state index in [0.717, 1.165) is 40.3 Å². The van der Waals surface area contributed by atoms with Crippen molar-refractivity contribution in [2.24, 2.45) is 0 Å². The fourth-order valence-corrected chi connectivity index (χ4v) is 7.05. The molecular weight excluding hydrogens is 713 g/mol. The topological polar surface area (TPSA) is 136 Å². The summed E-state index contributed by atoms with van der Waals surface area (Å²) in [5, 5.41) is 12.0. The van der Waals surface area contributed by atoms with Gasteiger partial charge in [-0.05, 0) is 48.1 Å². The lowest BCUT2D eigenvalue weighted by Crippen LogP contribution is -2.35. The number of ether oxygens (including phenoxy) is 3. The fourth-order valence-electron chi connectivity index (χ4n) is 6.72. The maximum Gasteiger partial charge on any atom is 0.421 e. The molecule has 53 heavy (non-hydrogen) atoms. The molecule has 2 atom stereocenters. The number of hydrogen-bond acceptors (Lipinski definition) is 9. The smallest absolute Gasteiger partial charge is 0.421 e.